The van der Waals surface area contributed by atoms with Gasteiger partial charge in [-0.1, -0.05) is 48.0 Å². The van der Waals surface area contributed by atoms with Crippen molar-refractivity contribution in [3.63, 3.8) is 0 Å². The lowest BCUT2D eigenvalue weighted by atomic mass is 10.1. The zero-order chi connectivity index (χ0) is 28.5. The average Bonchev–Trinajstić information content (AvgIpc) is 2.96. The molecule has 208 valence electrons. The van der Waals surface area contributed by atoms with E-state index in [1.165, 1.54) is 12.1 Å². The number of methoxy groups -OCH3 is 1. The minimum atomic E-state index is -4.23. The number of esters is 1. The second-order valence-corrected chi connectivity index (χ2v) is 10.3. The van der Waals surface area contributed by atoms with Crippen LogP contribution in [0, 0.1) is 6.92 Å². The van der Waals surface area contributed by atoms with Crippen molar-refractivity contribution >= 4 is 16.1 Å². The van der Waals surface area contributed by atoms with Crippen LogP contribution in [0.5, 0.6) is 11.5 Å². The first kappa shape index (κ1) is 28.7. The van der Waals surface area contributed by atoms with Crippen LogP contribution in [0.2, 0.25) is 0 Å². The lowest BCUT2D eigenvalue weighted by molar-refractivity contribution is -0.151. The zero-order valence-electron chi connectivity index (χ0n) is 22.4. The van der Waals surface area contributed by atoms with Gasteiger partial charge in [0, 0.05) is 12.6 Å². The number of rotatable bonds is 12. The first-order chi connectivity index (χ1) is 19.3. The van der Waals surface area contributed by atoms with E-state index in [0.717, 1.165) is 11.1 Å². The molecule has 40 heavy (non-hydrogen) atoms. The standard InChI is InChI=1S/C30H30N2O7S/c1-4-37-30(33)28(39-40(34,35)24-15-13-21(2)14-16-24)19-22-9-5-7-11-26(22)38-20-23-17-18-31-29(32-23)25-10-6-8-12-27(25)36-3/h5-18,28H,4,19-20H2,1-3H3/t28-/m0/s1. The molecule has 9 nitrogen and oxygen atoms in total. The molecule has 0 fully saturated rings. The average molecular weight is 563 g/mol. The van der Waals surface area contributed by atoms with Crippen LogP contribution in [0.4, 0.5) is 0 Å². The molecule has 10 heteroatoms. The number of aromatic nitrogens is 2. The largest absolute Gasteiger partial charge is 0.496 e. The van der Waals surface area contributed by atoms with Crippen LogP contribution in [0.3, 0.4) is 0 Å². The van der Waals surface area contributed by atoms with Gasteiger partial charge in [-0.3, -0.25) is 4.18 Å². The van der Waals surface area contributed by atoms with E-state index in [9.17, 15) is 13.2 Å². The molecule has 0 spiro atoms. The first-order valence-electron chi connectivity index (χ1n) is 12.6. The van der Waals surface area contributed by atoms with Crippen LogP contribution in [-0.4, -0.2) is 44.2 Å². The first-order valence-corrected chi connectivity index (χ1v) is 14.0. The summed E-state index contributed by atoms with van der Waals surface area (Å²) in [6.45, 7) is 3.66. The third kappa shape index (κ3) is 7.22. The number of hydrogen-bond acceptors (Lipinski definition) is 9. The van der Waals surface area contributed by atoms with Gasteiger partial charge in [0.05, 0.1) is 29.9 Å². The molecule has 3 aromatic carbocycles. The molecule has 0 aliphatic carbocycles. The Morgan fingerprint density at radius 3 is 2.35 bits per heavy atom. The molecule has 0 N–H and O–H groups in total. The predicted molar refractivity (Wildman–Crippen MR) is 148 cm³/mol. The van der Waals surface area contributed by atoms with Crippen molar-refractivity contribution < 1.29 is 31.6 Å². The molecule has 0 unspecified atom stereocenters. The zero-order valence-corrected chi connectivity index (χ0v) is 23.3. The number of para-hydroxylation sites is 2. The Hall–Kier alpha value is -4.28. The van der Waals surface area contributed by atoms with Gasteiger partial charge in [-0.15, -0.1) is 0 Å². The molecule has 0 radical (unpaired) electrons. The van der Waals surface area contributed by atoms with Crippen LogP contribution in [0.15, 0.2) is 90.0 Å². The van der Waals surface area contributed by atoms with Crippen molar-refractivity contribution in [2.45, 2.75) is 37.9 Å². The number of nitrogens with zero attached hydrogens (tertiary/aromatic N) is 2. The van der Waals surface area contributed by atoms with Crippen molar-refractivity contribution in [2.75, 3.05) is 13.7 Å². The number of aryl methyl sites for hydroxylation is 1. The monoisotopic (exact) mass is 562 g/mol. The minimum Gasteiger partial charge on any atom is -0.496 e. The fraction of sp³-hybridized carbons (Fsp3) is 0.233. The highest BCUT2D eigenvalue weighted by molar-refractivity contribution is 7.86. The lowest BCUT2D eigenvalue weighted by Crippen LogP contribution is -2.31. The Kier molecular flexibility index (Phi) is 9.47. The van der Waals surface area contributed by atoms with E-state index in [0.29, 0.717) is 28.6 Å². The van der Waals surface area contributed by atoms with Gasteiger partial charge in [0.2, 0.25) is 0 Å². The quantitative estimate of drug-likeness (QED) is 0.175. The second-order valence-electron chi connectivity index (χ2n) is 8.78. The van der Waals surface area contributed by atoms with E-state index in [1.807, 2.05) is 31.2 Å². The maximum Gasteiger partial charge on any atom is 0.337 e. The third-order valence-corrected chi connectivity index (χ3v) is 7.25. The van der Waals surface area contributed by atoms with Gasteiger partial charge in [-0.2, -0.15) is 8.42 Å². The van der Waals surface area contributed by atoms with Gasteiger partial charge in [-0.05, 0) is 55.8 Å². The Morgan fingerprint density at radius 2 is 1.62 bits per heavy atom. The molecule has 1 heterocycles. The number of carbonyl (C=O) groups is 1. The van der Waals surface area contributed by atoms with E-state index in [1.54, 1.807) is 62.7 Å². The Labute approximate surface area is 233 Å². The smallest absolute Gasteiger partial charge is 0.337 e. The van der Waals surface area contributed by atoms with E-state index in [4.69, 9.17) is 18.4 Å². The Morgan fingerprint density at radius 1 is 0.925 bits per heavy atom. The van der Waals surface area contributed by atoms with Crippen LogP contribution in [0.25, 0.3) is 11.4 Å². The molecule has 0 amide bonds. The topological polar surface area (TPSA) is 114 Å². The molecule has 0 saturated carbocycles. The highest BCUT2D eigenvalue weighted by Gasteiger charge is 2.30. The van der Waals surface area contributed by atoms with E-state index < -0.39 is 22.2 Å². The summed E-state index contributed by atoms with van der Waals surface area (Å²) in [4.78, 5) is 21.7. The molecule has 1 aromatic heterocycles. The summed E-state index contributed by atoms with van der Waals surface area (Å²) < 4.78 is 47.9. The normalized spacial score (nSPS) is 12.0. The van der Waals surface area contributed by atoms with E-state index >= 15 is 0 Å². The molecule has 4 rings (SSSR count). The summed E-state index contributed by atoms with van der Waals surface area (Å²) in [6.07, 6.45) is 0.142. The second kappa shape index (κ2) is 13.2. The highest BCUT2D eigenvalue weighted by Crippen LogP contribution is 2.27. The summed E-state index contributed by atoms with van der Waals surface area (Å²) in [5, 5.41) is 0. The van der Waals surface area contributed by atoms with Crippen LogP contribution < -0.4 is 9.47 Å². The fourth-order valence-electron chi connectivity index (χ4n) is 3.91. The molecule has 0 saturated heterocycles. The van der Waals surface area contributed by atoms with E-state index in [-0.39, 0.29) is 24.5 Å². The number of carbonyl (C=O) groups excluding carboxylic acids is 1. The van der Waals surface area contributed by atoms with Crippen molar-refractivity contribution in [1.82, 2.24) is 9.97 Å². The maximum atomic E-state index is 13.0. The summed E-state index contributed by atoms with van der Waals surface area (Å²) >= 11 is 0. The molecule has 1 atom stereocenters. The highest BCUT2D eigenvalue weighted by atomic mass is 32.2. The summed E-state index contributed by atoms with van der Waals surface area (Å²) in [5.74, 6) is 0.802. The Balaban J connectivity index is 1.53. The van der Waals surface area contributed by atoms with Gasteiger partial charge >= 0.3 is 5.97 Å². The summed E-state index contributed by atoms with van der Waals surface area (Å²) in [7, 11) is -2.65. The summed E-state index contributed by atoms with van der Waals surface area (Å²) in [5.41, 5.74) is 2.83. The van der Waals surface area contributed by atoms with Gasteiger partial charge in [0.1, 0.15) is 18.1 Å². The predicted octanol–water partition coefficient (Wildman–Crippen LogP) is 4.92. The summed E-state index contributed by atoms with van der Waals surface area (Å²) in [6, 6.07) is 22.4. The van der Waals surface area contributed by atoms with E-state index in [2.05, 4.69) is 9.97 Å². The molecular formula is C30H30N2O7S. The van der Waals surface area contributed by atoms with Crippen LogP contribution in [0.1, 0.15) is 23.7 Å². The SMILES string of the molecule is CCOC(=O)[C@H](Cc1ccccc1OCc1ccnc(-c2ccccc2OC)n1)OS(=O)(=O)c1ccc(C)cc1. The van der Waals surface area contributed by atoms with Gasteiger partial charge in [0.25, 0.3) is 10.1 Å². The van der Waals surface area contributed by atoms with Crippen molar-refractivity contribution in [1.29, 1.82) is 0 Å². The minimum absolute atomic E-state index is 0.0495. The van der Waals surface area contributed by atoms with Gasteiger partial charge in [0.15, 0.2) is 11.9 Å². The fourth-order valence-corrected chi connectivity index (χ4v) is 4.94. The van der Waals surface area contributed by atoms with Crippen molar-refractivity contribution in [2.24, 2.45) is 0 Å². The van der Waals surface area contributed by atoms with Crippen LogP contribution in [-0.2, 0) is 36.9 Å². The third-order valence-electron chi connectivity index (χ3n) is 5.92. The maximum absolute atomic E-state index is 13.0. The molecular weight excluding hydrogens is 532 g/mol. The van der Waals surface area contributed by atoms with Crippen molar-refractivity contribution in [3.8, 4) is 22.9 Å². The number of benzene rings is 3. The Bertz CT molecular complexity index is 1560. The number of hydrogen-bond donors (Lipinski definition) is 0. The van der Waals surface area contributed by atoms with Gasteiger partial charge in [-0.25, -0.2) is 14.8 Å². The molecule has 0 aliphatic heterocycles. The molecule has 4 aromatic rings. The van der Waals surface area contributed by atoms with Crippen molar-refractivity contribution in [3.05, 3.63) is 102 Å². The lowest BCUT2D eigenvalue weighted by Gasteiger charge is -2.18. The van der Waals surface area contributed by atoms with Crippen LogP contribution >= 0.6 is 0 Å². The molecule has 0 bridgehead atoms. The molecule has 0 aliphatic rings. The number of ether oxygens (including phenoxy) is 3. The van der Waals surface area contributed by atoms with Gasteiger partial charge < -0.3 is 14.2 Å².